The summed E-state index contributed by atoms with van der Waals surface area (Å²) >= 11 is 5.27. The van der Waals surface area contributed by atoms with E-state index in [9.17, 15) is 0 Å². The fourth-order valence-electron chi connectivity index (χ4n) is 2.17. The minimum atomic E-state index is 0.0170. The van der Waals surface area contributed by atoms with Crippen LogP contribution in [-0.4, -0.2) is 37.2 Å². The molecule has 0 saturated carbocycles. The van der Waals surface area contributed by atoms with Crippen molar-refractivity contribution < 1.29 is 4.74 Å². The normalized spacial score (nSPS) is 12.7. The zero-order valence-electron chi connectivity index (χ0n) is 14.9. The number of nitrogens with one attached hydrogen (secondary N) is 2. The number of ether oxygens (including phenoxy) is 1. The minimum absolute atomic E-state index is 0.0170. The predicted octanol–water partition coefficient (Wildman–Crippen LogP) is 3.64. The maximum absolute atomic E-state index is 5.93. The van der Waals surface area contributed by atoms with Crippen molar-refractivity contribution in [3.63, 3.8) is 0 Å². The van der Waals surface area contributed by atoms with Crippen LogP contribution in [0.3, 0.4) is 0 Å². The van der Waals surface area contributed by atoms with Crippen molar-refractivity contribution in [1.82, 2.24) is 15.6 Å². The van der Waals surface area contributed by atoms with Crippen LogP contribution in [0.15, 0.2) is 39.9 Å². The fraction of sp³-hybridized carbons (Fsp3) is 0.444. The van der Waals surface area contributed by atoms with Crippen LogP contribution < -0.4 is 15.4 Å². The van der Waals surface area contributed by atoms with Gasteiger partial charge in [0.25, 0.3) is 0 Å². The highest BCUT2D eigenvalue weighted by atomic mass is 79.9. The molecule has 0 fully saturated rings. The molecular formula is C18H25BrN4OS. The Morgan fingerprint density at radius 1 is 1.36 bits per heavy atom. The summed E-state index contributed by atoms with van der Waals surface area (Å²) in [5.41, 5.74) is 0. The molecule has 5 nitrogen and oxygen atoms in total. The molecule has 0 bridgehead atoms. The van der Waals surface area contributed by atoms with E-state index in [4.69, 9.17) is 4.74 Å². The molecule has 136 valence electrons. The van der Waals surface area contributed by atoms with Crippen LogP contribution in [0, 0.1) is 0 Å². The number of guanidine groups is 1. The van der Waals surface area contributed by atoms with Crippen LogP contribution in [-0.2, 0) is 12.8 Å². The number of nitrogens with zero attached hydrogens (tertiary/aromatic N) is 2. The maximum atomic E-state index is 5.93. The van der Waals surface area contributed by atoms with Crippen LogP contribution >= 0.6 is 27.3 Å². The van der Waals surface area contributed by atoms with E-state index in [-0.39, 0.29) is 6.10 Å². The van der Waals surface area contributed by atoms with E-state index in [1.54, 1.807) is 18.4 Å². The first-order valence-electron chi connectivity index (χ1n) is 8.41. The molecule has 1 heterocycles. The lowest BCUT2D eigenvalue weighted by molar-refractivity contribution is 0.222. The van der Waals surface area contributed by atoms with Crippen LogP contribution in [0.2, 0.25) is 0 Å². The van der Waals surface area contributed by atoms with E-state index in [0.29, 0.717) is 6.54 Å². The molecule has 1 aromatic heterocycles. The molecule has 0 aliphatic carbocycles. The van der Waals surface area contributed by atoms with Gasteiger partial charge in [0.1, 0.15) is 11.9 Å². The first-order valence-corrected chi connectivity index (χ1v) is 10.0. The van der Waals surface area contributed by atoms with Gasteiger partial charge in [-0.25, -0.2) is 4.98 Å². The number of aliphatic imine (C=N–C) groups is 1. The van der Waals surface area contributed by atoms with Crippen molar-refractivity contribution in [3.05, 3.63) is 44.8 Å². The van der Waals surface area contributed by atoms with Gasteiger partial charge < -0.3 is 15.4 Å². The van der Waals surface area contributed by atoms with E-state index in [0.717, 1.165) is 40.6 Å². The molecule has 25 heavy (non-hydrogen) atoms. The molecular weight excluding hydrogens is 400 g/mol. The standard InChI is InChI=1S/C18H25BrN4OS/c1-4-14-12-22-17(25-14)9-10-21-18(20-3)23-11-13(2)24-16-8-6-5-7-15(16)19/h5-8,12-13H,4,9-11H2,1-3H3,(H2,20,21,23). The highest BCUT2D eigenvalue weighted by molar-refractivity contribution is 9.10. The molecule has 1 aromatic carbocycles. The summed E-state index contributed by atoms with van der Waals surface area (Å²) in [4.78, 5) is 10.0. The summed E-state index contributed by atoms with van der Waals surface area (Å²) < 4.78 is 6.89. The Bertz CT molecular complexity index is 689. The van der Waals surface area contributed by atoms with Gasteiger partial charge in [0.05, 0.1) is 16.0 Å². The molecule has 2 rings (SSSR count). The molecule has 0 saturated heterocycles. The maximum Gasteiger partial charge on any atom is 0.191 e. The molecule has 7 heteroatoms. The Morgan fingerprint density at radius 2 is 2.16 bits per heavy atom. The van der Waals surface area contributed by atoms with E-state index in [1.807, 2.05) is 37.4 Å². The molecule has 1 unspecified atom stereocenters. The zero-order chi connectivity index (χ0) is 18.1. The molecule has 0 aliphatic rings. The van der Waals surface area contributed by atoms with E-state index >= 15 is 0 Å². The SMILES string of the molecule is CCc1cnc(CCNC(=NC)NCC(C)Oc2ccccc2Br)s1. The Balaban J connectivity index is 1.71. The molecule has 2 N–H and O–H groups in total. The number of hydrogen-bond acceptors (Lipinski definition) is 4. The molecule has 0 aliphatic heterocycles. The van der Waals surface area contributed by atoms with E-state index in [2.05, 4.69) is 43.5 Å². The lowest BCUT2D eigenvalue weighted by Crippen LogP contribution is -2.42. The topological polar surface area (TPSA) is 58.5 Å². The van der Waals surface area contributed by atoms with Gasteiger partial charge in [0.15, 0.2) is 5.96 Å². The Morgan fingerprint density at radius 3 is 2.84 bits per heavy atom. The van der Waals surface area contributed by atoms with Gasteiger partial charge in [0, 0.05) is 31.1 Å². The largest absolute Gasteiger partial charge is 0.488 e. The predicted molar refractivity (Wildman–Crippen MR) is 109 cm³/mol. The summed E-state index contributed by atoms with van der Waals surface area (Å²) in [5, 5.41) is 7.77. The van der Waals surface area contributed by atoms with Crippen molar-refractivity contribution in [1.29, 1.82) is 0 Å². The van der Waals surface area contributed by atoms with Gasteiger partial charge in [-0.1, -0.05) is 19.1 Å². The molecule has 0 amide bonds. The second-order valence-electron chi connectivity index (χ2n) is 5.56. The number of hydrogen-bond donors (Lipinski definition) is 2. The van der Waals surface area contributed by atoms with E-state index < -0.39 is 0 Å². The first-order chi connectivity index (χ1) is 12.1. The summed E-state index contributed by atoms with van der Waals surface area (Å²) in [5.74, 6) is 1.62. The van der Waals surface area contributed by atoms with Crippen molar-refractivity contribution in [2.75, 3.05) is 20.1 Å². The smallest absolute Gasteiger partial charge is 0.191 e. The van der Waals surface area contributed by atoms with Crippen LogP contribution in [0.1, 0.15) is 23.7 Å². The van der Waals surface area contributed by atoms with Crippen LogP contribution in [0.4, 0.5) is 0 Å². The van der Waals surface area contributed by atoms with E-state index in [1.165, 1.54) is 4.88 Å². The molecule has 2 aromatic rings. The molecule has 0 spiro atoms. The second-order valence-corrected chi connectivity index (χ2v) is 7.62. The first kappa shape index (κ1) is 19.7. The van der Waals surface area contributed by atoms with Gasteiger partial charge in [-0.15, -0.1) is 11.3 Å². The quantitative estimate of drug-likeness (QED) is 0.501. The van der Waals surface area contributed by atoms with Gasteiger partial charge in [-0.3, -0.25) is 4.99 Å². The number of halogens is 1. The number of aryl methyl sites for hydroxylation is 1. The Kier molecular flexibility index (Phi) is 8.21. The van der Waals surface area contributed by atoms with Gasteiger partial charge in [-0.2, -0.15) is 0 Å². The van der Waals surface area contributed by atoms with Crippen molar-refractivity contribution >= 4 is 33.2 Å². The van der Waals surface area contributed by atoms with Crippen molar-refractivity contribution in [3.8, 4) is 5.75 Å². The minimum Gasteiger partial charge on any atom is -0.488 e. The average molecular weight is 425 g/mol. The highest BCUT2D eigenvalue weighted by Gasteiger charge is 2.08. The summed E-state index contributed by atoms with van der Waals surface area (Å²) in [7, 11) is 1.77. The average Bonchev–Trinajstić information content (AvgIpc) is 3.08. The number of aromatic nitrogens is 1. The van der Waals surface area contributed by atoms with Gasteiger partial charge >= 0.3 is 0 Å². The third-order valence-electron chi connectivity index (χ3n) is 3.53. The summed E-state index contributed by atoms with van der Waals surface area (Å²) in [6, 6.07) is 7.85. The third kappa shape index (κ3) is 6.66. The van der Waals surface area contributed by atoms with Gasteiger partial charge in [0.2, 0.25) is 0 Å². The Hall–Kier alpha value is -1.60. The van der Waals surface area contributed by atoms with Crippen LogP contribution in [0.5, 0.6) is 5.75 Å². The summed E-state index contributed by atoms with van der Waals surface area (Å²) in [6.07, 6.45) is 3.93. The molecule has 1 atom stereocenters. The summed E-state index contributed by atoms with van der Waals surface area (Å²) in [6.45, 7) is 5.65. The lowest BCUT2D eigenvalue weighted by Gasteiger charge is -2.18. The lowest BCUT2D eigenvalue weighted by atomic mass is 10.3. The fourth-order valence-corrected chi connectivity index (χ4v) is 3.41. The molecule has 0 radical (unpaired) electrons. The van der Waals surface area contributed by atoms with Crippen LogP contribution in [0.25, 0.3) is 0 Å². The third-order valence-corrected chi connectivity index (χ3v) is 5.38. The number of thiazole rings is 1. The number of para-hydroxylation sites is 1. The van der Waals surface area contributed by atoms with Gasteiger partial charge in [-0.05, 0) is 41.4 Å². The highest BCUT2D eigenvalue weighted by Crippen LogP contribution is 2.24. The van der Waals surface area contributed by atoms with Crippen molar-refractivity contribution in [2.45, 2.75) is 32.8 Å². The number of rotatable bonds is 8. The second kappa shape index (κ2) is 10.4. The number of benzene rings is 1. The Labute approximate surface area is 162 Å². The van der Waals surface area contributed by atoms with Crippen molar-refractivity contribution in [2.24, 2.45) is 4.99 Å². The monoisotopic (exact) mass is 424 g/mol. The zero-order valence-corrected chi connectivity index (χ0v) is 17.3.